The van der Waals surface area contributed by atoms with E-state index in [9.17, 15) is 14.4 Å². The van der Waals surface area contributed by atoms with Gasteiger partial charge < -0.3 is 15.5 Å². The smallest absolute Gasteiger partial charge is 0.338 e. The second-order valence-corrected chi connectivity index (χ2v) is 3.36. The van der Waals surface area contributed by atoms with Gasteiger partial charge in [0, 0.05) is 5.92 Å². The van der Waals surface area contributed by atoms with E-state index in [4.69, 9.17) is 10.2 Å². The highest BCUT2D eigenvalue weighted by atomic mass is 16.4. The highest BCUT2D eigenvalue weighted by molar-refractivity contribution is 6.01. The van der Waals surface area contributed by atoms with Crippen molar-refractivity contribution < 1.29 is 24.6 Å². The van der Waals surface area contributed by atoms with Crippen LogP contribution in [0.3, 0.4) is 0 Å². The number of carbonyl (C=O) groups excluding carboxylic acids is 1. The van der Waals surface area contributed by atoms with E-state index in [1.807, 2.05) is 5.32 Å². The van der Waals surface area contributed by atoms with Gasteiger partial charge in [0.25, 0.3) is 0 Å². The third kappa shape index (κ3) is 4.96. The first kappa shape index (κ1) is 14.9. The first-order valence-corrected chi connectivity index (χ1v) is 4.91. The fraction of sp³-hybridized carbons (Fsp3) is 0.364. The Balaban J connectivity index is 4.66. The molecule has 0 heterocycles. The van der Waals surface area contributed by atoms with E-state index in [2.05, 4.69) is 13.2 Å². The molecule has 1 amide bonds. The number of nitrogens with one attached hydrogen (secondary N) is 1. The van der Waals surface area contributed by atoms with Gasteiger partial charge in [0.15, 0.2) is 0 Å². The molecule has 0 fully saturated rings. The van der Waals surface area contributed by atoms with E-state index in [0.717, 1.165) is 0 Å². The van der Waals surface area contributed by atoms with Crippen molar-refractivity contribution in [3.05, 3.63) is 25.3 Å². The second-order valence-electron chi connectivity index (χ2n) is 3.36. The van der Waals surface area contributed by atoms with Crippen LogP contribution in [0.4, 0.5) is 0 Å². The molecule has 0 radical (unpaired) electrons. The number of aliphatic carboxylic acids is 2. The summed E-state index contributed by atoms with van der Waals surface area (Å²) in [6.07, 6.45) is 3.65. The first-order chi connectivity index (χ1) is 7.93. The second kappa shape index (κ2) is 7.21. The van der Waals surface area contributed by atoms with Crippen molar-refractivity contribution in [3.63, 3.8) is 0 Å². The zero-order chi connectivity index (χ0) is 13.4. The molecule has 0 aromatic rings. The molecule has 0 saturated heterocycles. The molecule has 0 atom stereocenters. The summed E-state index contributed by atoms with van der Waals surface area (Å²) in [7, 11) is 0. The molecule has 0 aliphatic carbocycles. The molecular weight excluding hydrogens is 226 g/mol. The third-order valence-electron chi connectivity index (χ3n) is 2.05. The molecule has 17 heavy (non-hydrogen) atoms. The highest BCUT2D eigenvalue weighted by Gasteiger charge is 2.29. The summed E-state index contributed by atoms with van der Waals surface area (Å²) in [5.74, 6) is -4.41. The molecule has 0 spiro atoms. The van der Waals surface area contributed by atoms with Crippen molar-refractivity contribution in [2.45, 2.75) is 18.9 Å². The molecule has 6 heteroatoms. The number of carboxylic acids is 2. The zero-order valence-electron chi connectivity index (χ0n) is 9.26. The minimum atomic E-state index is -1.93. The van der Waals surface area contributed by atoms with Crippen LogP contribution in [0.15, 0.2) is 25.3 Å². The van der Waals surface area contributed by atoms with Gasteiger partial charge >= 0.3 is 11.9 Å². The molecule has 0 rings (SSSR count). The Kier molecular flexibility index (Phi) is 6.32. The van der Waals surface area contributed by atoms with E-state index in [-0.39, 0.29) is 0 Å². The number of rotatable bonds is 8. The highest BCUT2D eigenvalue weighted by Crippen LogP contribution is 2.10. The molecule has 3 N–H and O–H groups in total. The molecule has 0 aromatic carbocycles. The quantitative estimate of drug-likeness (QED) is 0.421. The lowest BCUT2D eigenvalue weighted by atomic mass is 10.00. The SMILES string of the molecule is C=CCC(CC=C)C(=O)NC(C(=O)O)C(=O)O. The van der Waals surface area contributed by atoms with Crippen molar-refractivity contribution in [3.8, 4) is 0 Å². The minimum Gasteiger partial charge on any atom is -0.479 e. The molecule has 0 saturated carbocycles. The third-order valence-corrected chi connectivity index (χ3v) is 2.05. The maximum absolute atomic E-state index is 11.6. The summed E-state index contributed by atoms with van der Waals surface area (Å²) >= 11 is 0. The Labute approximate surface area is 98.6 Å². The van der Waals surface area contributed by atoms with E-state index in [1.54, 1.807) is 0 Å². The number of hydrogen-bond donors (Lipinski definition) is 3. The van der Waals surface area contributed by atoms with Gasteiger partial charge in [-0.15, -0.1) is 13.2 Å². The maximum atomic E-state index is 11.6. The van der Waals surface area contributed by atoms with Crippen molar-refractivity contribution >= 4 is 17.8 Å². The summed E-state index contributed by atoms with van der Waals surface area (Å²) in [6, 6.07) is -1.93. The first-order valence-electron chi connectivity index (χ1n) is 4.91. The van der Waals surface area contributed by atoms with Gasteiger partial charge in [-0.25, -0.2) is 9.59 Å². The fourth-order valence-electron chi connectivity index (χ4n) is 1.20. The predicted molar refractivity (Wildman–Crippen MR) is 60.3 cm³/mol. The number of carbonyl (C=O) groups is 3. The summed E-state index contributed by atoms with van der Waals surface area (Å²) in [5.41, 5.74) is 0. The van der Waals surface area contributed by atoms with Crippen LogP contribution in [-0.2, 0) is 14.4 Å². The summed E-state index contributed by atoms with van der Waals surface area (Å²) < 4.78 is 0. The van der Waals surface area contributed by atoms with Crippen LogP contribution >= 0.6 is 0 Å². The normalized spacial score (nSPS) is 10.0. The van der Waals surface area contributed by atoms with Crippen LogP contribution in [-0.4, -0.2) is 34.1 Å². The largest absolute Gasteiger partial charge is 0.479 e. The standard InChI is InChI=1S/C11H15NO5/c1-3-5-7(6-4-2)9(13)12-8(10(14)15)11(16)17/h3-4,7-8H,1-2,5-6H2,(H,12,13)(H,14,15)(H,16,17). The Morgan fingerprint density at radius 2 is 1.47 bits per heavy atom. The van der Waals surface area contributed by atoms with Crippen molar-refractivity contribution in [1.29, 1.82) is 0 Å². The van der Waals surface area contributed by atoms with Crippen LogP contribution in [0.2, 0.25) is 0 Å². The van der Waals surface area contributed by atoms with Gasteiger partial charge in [0.05, 0.1) is 0 Å². The molecule has 0 bridgehead atoms. The van der Waals surface area contributed by atoms with Gasteiger partial charge in [0.2, 0.25) is 11.9 Å². The molecule has 6 nitrogen and oxygen atoms in total. The van der Waals surface area contributed by atoms with Crippen LogP contribution in [0.5, 0.6) is 0 Å². The van der Waals surface area contributed by atoms with E-state index >= 15 is 0 Å². The molecule has 0 aromatic heterocycles. The minimum absolute atomic E-state index is 0.323. The Morgan fingerprint density at radius 1 is 1.06 bits per heavy atom. The lowest BCUT2D eigenvalue weighted by Gasteiger charge is -2.15. The van der Waals surface area contributed by atoms with E-state index in [1.165, 1.54) is 12.2 Å². The predicted octanol–water partition coefficient (Wildman–Crippen LogP) is 0.409. The average molecular weight is 241 g/mol. The van der Waals surface area contributed by atoms with Gasteiger partial charge in [-0.05, 0) is 12.8 Å². The topological polar surface area (TPSA) is 104 Å². The lowest BCUT2D eigenvalue weighted by molar-refractivity contribution is -0.153. The van der Waals surface area contributed by atoms with Crippen LogP contribution in [0.25, 0.3) is 0 Å². The fourth-order valence-corrected chi connectivity index (χ4v) is 1.20. The van der Waals surface area contributed by atoms with Gasteiger partial charge in [-0.1, -0.05) is 12.2 Å². The van der Waals surface area contributed by atoms with E-state index < -0.39 is 29.8 Å². The molecule has 0 unspecified atom stereocenters. The Morgan fingerprint density at radius 3 is 1.76 bits per heavy atom. The number of hydrogen-bond acceptors (Lipinski definition) is 3. The maximum Gasteiger partial charge on any atom is 0.338 e. The number of amides is 1. The molecule has 0 aliphatic rings. The van der Waals surface area contributed by atoms with Crippen LogP contribution < -0.4 is 5.32 Å². The van der Waals surface area contributed by atoms with E-state index in [0.29, 0.717) is 12.8 Å². The van der Waals surface area contributed by atoms with Crippen LogP contribution in [0, 0.1) is 5.92 Å². The molecule has 0 aliphatic heterocycles. The number of allylic oxidation sites excluding steroid dienone is 2. The average Bonchev–Trinajstić information content (AvgIpc) is 2.24. The van der Waals surface area contributed by atoms with Gasteiger partial charge in [0.1, 0.15) is 0 Å². The number of carboxylic acid groups (broad SMARTS) is 2. The molecule has 94 valence electrons. The Hall–Kier alpha value is -2.11. The van der Waals surface area contributed by atoms with Crippen LogP contribution in [0.1, 0.15) is 12.8 Å². The monoisotopic (exact) mass is 241 g/mol. The summed E-state index contributed by atoms with van der Waals surface area (Å²) in [6.45, 7) is 6.94. The van der Waals surface area contributed by atoms with Gasteiger partial charge in [-0.2, -0.15) is 0 Å². The van der Waals surface area contributed by atoms with Crippen molar-refractivity contribution in [2.24, 2.45) is 5.92 Å². The van der Waals surface area contributed by atoms with Gasteiger partial charge in [-0.3, -0.25) is 4.79 Å². The van der Waals surface area contributed by atoms with Crippen molar-refractivity contribution in [2.75, 3.05) is 0 Å². The lowest BCUT2D eigenvalue weighted by Crippen LogP contribution is -2.48. The Bertz CT molecular complexity index is 313. The zero-order valence-corrected chi connectivity index (χ0v) is 9.26. The summed E-state index contributed by atoms with van der Waals surface area (Å²) in [5, 5.41) is 19.1. The van der Waals surface area contributed by atoms with Crippen molar-refractivity contribution in [1.82, 2.24) is 5.32 Å². The summed E-state index contributed by atoms with van der Waals surface area (Å²) in [4.78, 5) is 32.8. The molecular formula is C11H15NO5.